The molecule has 31 heavy (non-hydrogen) atoms. The molecule has 11 heteroatoms. The lowest BCUT2D eigenvalue weighted by atomic mass is 10.2. The van der Waals surface area contributed by atoms with Crippen LogP contribution in [0.2, 0.25) is 0 Å². The molecule has 1 amide bonds. The number of hydrazine groups is 1. The molecule has 2 N–H and O–H groups in total. The lowest BCUT2D eigenvalue weighted by Gasteiger charge is -2.19. The molecule has 1 atom stereocenters. The Morgan fingerprint density at radius 1 is 1.29 bits per heavy atom. The summed E-state index contributed by atoms with van der Waals surface area (Å²) in [5, 5.41) is 0.384. The maximum absolute atomic E-state index is 13.6. The molecule has 2 heterocycles. The van der Waals surface area contributed by atoms with Crippen molar-refractivity contribution in [1.82, 2.24) is 20.0 Å². The third-order valence-corrected chi connectivity index (χ3v) is 6.77. The zero-order valence-electron chi connectivity index (χ0n) is 17.9. The molecule has 0 aliphatic heterocycles. The maximum Gasteiger partial charge on any atom is 0.422 e. The number of rotatable bonds is 6. The van der Waals surface area contributed by atoms with Crippen molar-refractivity contribution in [2.24, 2.45) is 5.92 Å². The average molecular weight is 457 g/mol. The Hall–Kier alpha value is -2.27. The SMILES string of the molecule is Cc1c(CNNC(=O)OC(C)(C)C)sc2c1c(=O)n(C1CC1)c(=O)n2CC1CC1(F)F. The van der Waals surface area contributed by atoms with Gasteiger partial charge in [0, 0.05) is 36.3 Å². The van der Waals surface area contributed by atoms with E-state index >= 15 is 0 Å². The van der Waals surface area contributed by atoms with Gasteiger partial charge >= 0.3 is 11.8 Å². The summed E-state index contributed by atoms with van der Waals surface area (Å²) in [4.78, 5) is 39.0. The standard InChI is InChI=1S/C20H26F2N4O4S/c1-10-13(8-23-24-17(28)30-19(2,3)4)31-16-14(10)15(27)26(12-5-6-12)18(29)25(16)9-11-7-20(11,21)22/h11-12,23H,5-9H2,1-4H3,(H,24,28). The number of aryl methyl sites for hydroxylation is 1. The second-order valence-electron chi connectivity index (χ2n) is 9.27. The lowest BCUT2D eigenvalue weighted by Crippen LogP contribution is -2.40. The maximum atomic E-state index is 13.6. The van der Waals surface area contributed by atoms with Gasteiger partial charge in [-0.05, 0) is 46.1 Å². The molecule has 0 aromatic carbocycles. The predicted molar refractivity (Wildman–Crippen MR) is 113 cm³/mol. The van der Waals surface area contributed by atoms with E-state index in [0.717, 1.165) is 17.7 Å². The number of carbonyl (C=O) groups is 1. The number of fused-ring (bicyclic) bond motifs is 1. The van der Waals surface area contributed by atoms with Gasteiger partial charge in [0.25, 0.3) is 11.5 Å². The number of nitrogens with one attached hydrogen (secondary N) is 2. The monoisotopic (exact) mass is 456 g/mol. The molecule has 0 spiro atoms. The van der Waals surface area contributed by atoms with Gasteiger partial charge in [-0.15, -0.1) is 11.3 Å². The minimum absolute atomic E-state index is 0.113. The van der Waals surface area contributed by atoms with Gasteiger partial charge in [-0.2, -0.15) is 0 Å². The zero-order chi connectivity index (χ0) is 22.7. The number of halogens is 2. The van der Waals surface area contributed by atoms with E-state index in [9.17, 15) is 23.2 Å². The van der Waals surface area contributed by atoms with Gasteiger partial charge < -0.3 is 4.74 Å². The van der Waals surface area contributed by atoms with E-state index < -0.39 is 29.2 Å². The van der Waals surface area contributed by atoms with E-state index in [1.165, 1.54) is 20.5 Å². The van der Waals surface area contributed by atoms with E-state index in [4.69, 9.17) is 4.74 Å². The number of hydrogen-bond acceptors (Lipinski definition) is 6. The molecule has 2 aromatic rings. The summed E-state index contributed by atoms with van der Waals surface area (Å²) in [6.45, 7) is 7.09. The largest absolute Gasteiger partial charge is 0.443 e. The summed E-state index contributed by atoms with van der Waals surface area (Å²) in [7, 11) is 0. The number of nitrogens with zero attached hydrogens (tertiary/aromatic N) is 2. The van der Waals surface area contributed by atoms with Gasteiger partial charge in [0.05, 0.1) is 5.39 Å². The van der Waals surface area contributed by atoms with E-state index in [1.807, 2.05) is 0 Å². The summed E-state index contributed by atoms with van der Waals surface area (Å²) in [6, 6.07) is -0.162. The molecular formula is C20H26F2N4O4S. The average Bonchev–Trinajstić information content (AvgIpc) is 3.52. The van der Waals surface area contributed by atoms with E-state index in [-0.39, 0.29) is 31.1 Å². The summed E-state index contributed by atoms with van der Waals surface area (Å²) in [5.41, 5.74) is 4.34. The summed E-state index contributed by atoms with van der Waals surface area (Å²) >= 11 is 1.20. The van der Waals surface area contributed by atoms with E-state index in [2.05, 4.69) is 10.9 Å². The number of thiophene rings is 1. The predicted octanol–water partition coefficient (Wildman–Crippen LogP) is 3.05. The number of carbonyl (C=O) groups excluding carboxylic acids is 1. The summed E-state index contributed by atoms with van der Waals surface area (Å²) in [5.74, 6) is -3.66. The van der Waals surface area contributed by atoms with Crippen LogP contribution in [0.3, 0.4) is 0 Å². The molecule has 2 aromatic heterocycles. The Bertz CT molecular complexity index is 1160. The highest BCUT2D eigenvalue weighted by Gasteiger charge is 2.57. The van der Waals surface area contributed by atoms with Gasteiger partial charge in [-0.3, -0.25) is 19.4 Å². The van der Waals surface area contributed by atoms with Crippen LogP contribution >= 0.6 is 11.3 Å². The van der Waals surface area contributed by atoms with Crippen LogP contribution in [-0.4, -0.2) is 26.8 Å². The Morgan fingerprint density at radius 3 is 2.48 bits per heavy atom. The fourth-order valence-corrected chi connectivity index (χ4v) is 4.82. The van der Waals surface area contributed by atoms with Gasteiger partial charge in [-0.25, -0.2) is 23.8 Å². The van der Waals surface area contributed by atoms with E-state index in [1.54, 1.807) is 27.7 Å². The first-order valence-corrected chi connectivity index (χ1v) is 11.1. The molecule has 2 fully saturated rings. The van der Waals surface area contributed by atoms with Gasteiger partial charge in [-0.1, -0.05) is 0 Å². The third kappa shape index (κ3) is 4.38. The molecule has 8 nitrogen and oxygen atoms in total. The lowest BCUT2D eigenvalue weighted by molar-refractivity contribution is 0.0497. The molecule has 170 valence electrons. The number of amides is 1. The minimum atomic E-state index is -2.76. The first-order valence-electron chi connectivity index (χ1n) is 10.3. The van der Waals surface area contributed by atoms with Gasteiger partial charge in [0.15, 0.2) is 0 Å². The van der Waals surface area contributed by atoms with Crippen molar-refractivity contribution in [3.8, 4) is 0 Å². The normalized spacial score (nSPS) is 20.1. The van der Waals surface area contributed by atoms with Crippen molar-refractivity contribution in [3.05, 3.63) is 31.3 Å². The molecule has 0 radical (unpaired) electrons. The smallest absolute Gasteiger partial charge is 0.422 e. The van der Waals surface area contributed by atoms with Crippen molar-refractivity contribution in [2.75, 3.05) is 0 Å². The Kier molecular flexibility index (Phi) is 5.24. The van der Waals surface area contributed by atoms with Crippen molar-refractivity contribution >= 4 is 27.6 Å². The molecule has 2 aliphatic rings. The fraction of sp³-hybridized carbons (Fsp3) is 0.650. The molecule has 1 unspecified atom stereocenters. The molecule has 2 saturated carbocycles. The number of alkyl halides is 2. The quantitative estimate of drug-likeness (QED) is 0.652. The van der Waals surface area contributed by atoms with Crippen LogP contribution in [0.15, 0.2) is 9.59 Å². The van der Waals surface area contributed by atoms with Crippen LogP contribution in [0.4, 0.5) is 13.6 Å². The molecule has 2 aliphatic carbocycles. The second-order valence-corrected chi connectivity index (χ2v) is 10.4. The Balaban J connectivity index is 1.65. The fourth-order valence-electron chi connectivity index (χ4n) is 3.58. The first kappa shape index (κ1) is 21.9. The Labute approximate surface area is 181 Å². The highest BCUT2D eigenvalue weighted by Crippen LogP contribution is 2.49. The van der Waals surface area contributed by atoms with Crippen LogP contribution in [-0.2, 0) is 17.8 Å². The number of aromatic nitrogens is 2. The minimum Gasteiger partial charge on any atom is -0.443 e. The van der Waals surface area contributed by atoms with Crippen LogP contribution in [0.5, 0.6) is 0 Å². The first-order chi connectivity index (χ1) is 14.4. The molecular weight excluding hydrogens is 430 g/mol. The van der Waals surface area contributed by atoms with Crippen LogP contribution < -0.4 is 22.1 Å². The van der Waals surface area contributed by atoms with Crippen molar-refractivity contribution in [2.45, 2.75) is 77.6 Å². The van der Waals surface area contributed by atoms with Crippen molar-refractivity contribution < 1.29 is 18.3 Å². The second kappa shape index (κ2) is 7.40. The van der Waals surface area contributed by atoms with Crippen molar-refractivity contribution in [1.29, 1.82) is 0 Å². The van der Waals surface area contributed by atoms with Crippen LogP contribution in [0, 0.1) is 12.8 Å². The zero-order valence-corrected chi connectivity index (χ0v) is 18.7. The summed E-state index contributed by atoms with van der Waals surface area (Å²) in [6.07, 6.45) is 0.576. The number of hydrogen-bond donors (Lipinski definition) is 2. The molecule has 4 rings (SSSR count). The van der Waals surface area contributed by atoms with E-state index in [0.29, 0.717) is 15.8 Å². The highest BCUT2D eigenvalue weighted by atomic mass is 32.1. The van der Waals surface area contributed by atoms with Crippen LogP contribution in [0.25, 0.3) is 10.2 Å². The highest BCUT2D eigenvalue weighted by molar-refractivity contribution is 7.18. The molecule has 0 saturated heterocycles. The Morgan fingerprint density at radius 2 is 1.94 bits per heavy atom. The van der Waals surface area contributed by atoms with Crippen LogP contribution in [0.1, 0.15) is 56.5 Å². The molecule has 0 bridgehead atoms. The third-order valence-electron chi connectivity index (χ3n) is 5.45. The van der Waals surface area contributed by atoms with Crippen molar-refractivity contribution in [3.63, 3.8) is 0 Å². The topological polar surface area (TPSA) is 94.4 Å². The van der Waals surface area contributed by atoms with Gasteiger partial charge in [0.1, 0.15) is 10.4 Å². The van der Waals surface area contributed by atoms with Gasteiger partial charge in [0.2, 0.25) is 0 Å². The summed E-state index contributed by atoms with van der Waals surface area (Å²) < 4.78 is 34.8. The number of ether oxygens (including phenoxy) is 1.